The Balaban J connectivity index is 1.29. The number of nitrogens with one attached hydrogen (secondary N) is 1. The van der Waals surface area contributed by atoms with E-state index < -0.39 is 10.0 Å². The Hall–Kier alpha value is -2.85. The van der Waals surface area contributed by atoms with Crippen LogP contribution in [0.25, 0.3) is 5.78 Å². The van der Waals surface area contributed by atoms with Gasteiger partial charge in [-0.15, -0.1) is 0 Å². The minimum Gasteiger partial charge on any atom is -0.352 e. The summed E-state index contributed by atoms with van der Waals surface area (Å²) in [5, 5.41) is 6.93. The minimum atomic E-state index is -3.48. The molecule has 1 aliphatic rings. The number of nitrogens with zero attached hydrogens (tertiary/aromatic N) is 5. The number of benzene rings is 1. The fourth-order valence-corrected chi connectivity index (χ4v) is 5.03. The number of amides is 1. The molecule has 0 atom stereocenters. The van der Waals surface area contributed by atoms with Crippen LogP contribution < -0.4 is 5.32 Å². The number of carbonyl (C=O) groups excluding carboxylic acids is 1. The Morgan fingerprint density at radius 3 is 2.60 bits per heavy atom. The molecular weight excluding hydrogens is 404 g/mol. The Morgan fingerprint density at radius 2 is 1.83 bits per heavy atom. The van der Waals surface area contributed by atoms with Crippen LogP contribution in [0.1, 0.15) is 41.6 Å². The highest BCUT2D eigenvalue weighted by Gasteiger charge is 2.25. The minimum absolute atomic E-state index is 0.221. The van der Waals surface area contributed by atoms with Crippen molar-refractivity contribution in [3.05, 3.63) is 54.1 Å². The van der Waals surface area contributed by atoms with Crippen molar-refractivity contribution >= 4 is 21.7 Å². The zero-order valence-corrected chi connectivity index (χ0v) is 17.4. The van der Waals surface area contributed by atoms with Crippen molar-refractivity contribution < 1.29 is 13.2 Å². The Kier molecular flexibility index (Phi) is 6.05. The van der Waals surface area contributed by atoms with Crippen molar-refractivity contribution in [3.63, 3.8) is 0 Å². The predicted octanol–water partition coefficient (Wildman–Crippen LogP) is 1.66. The molecule has 3 aromatic rings. The highest BCUT2D eigenvalue weighted by Crippen LogP contribution is 2.20. The average Bonchev–Trinajstić information content (AvgIpc) is 3.25. The molecule has 0 unspecified atom stereocenters. The summed E-state index contributed by atoms with van der Waals surface area (Å²) >= 11 is 0. The summed E-state index contributed by atoms with van der Waals surface area (Å²) in [6.07, 6.45) is 9.42. The SMILES string of the molecule is O=C(NCCCc1cnc2ncnn2c1)c1ccc(S(=O)(=O)N2CCCCC2)cc1. The van der Waals surface area contributed by atoms with Crippen LogP contribution in [0.2, 0.25) is 0 Å². The first kappa shape index (κ1) is 20.4. The lowest BCUT2D eigenvalue weighted by atomic mass is 10.2. The van der Waals surface area contributed by atoms with Crippen molar-refractivity contribution in [1.29, 1.82) is 0 Å². The third-order valence-corrected chi connectivity index (χ3v) is 7.10. The van der Waals surface area contributed by atoms with Crippen LogP contribution in [0.15, 0.2) is 47.9 Å². The van der Waals surface area contributed by atoms with Crippen molar-refractivity contribution in [3.8, 4) is 0 Å². The number of carbonyl (C=O) groups is 1. The third-order valence-electron chi connectivity index (χ3n) is 5.19. The summed E-state index contributed by atoms with van der Waals surface area (Å²) in [4.78, 5) is 20.8. The lowest BCUT2D eigenvalue weighted by Gasteiger charge is -2.25. The topological polar surface area (TPSA) is 110 Å². The summed E-state index contributed by atoms with van der Waals surface area (Å²) in [5.74, 6) is 0.333. The summed E-state index contributed by atoms with van der Waals surface area (Å²) in [6.45, 7) is 1.62. The molecule has 1 aromatic carbocycles. The van der Waals surface area contributed by atoms with Gasteiger partial charge in [-0.1, -0.05) is 6.42 Å². The van der Waals surface area contributed by atoms with Gasteiger partial charge in [0.15, 0.2) is 0 Å². The van der Waals surface area contributed by atoms with E-state index in [0.29, 0.717) is 31.0 Å². The quantitative estimate of drug-likeness (QED) is 0.573. The molecular formula is C20H24N6O3S. The molecule has 4 rings (SSSR count). The van der Waals surface area contributed by atoms with Crippen molar-refractivity contribution in [2.24, 2.45) is 0 Å². The number of sulfonamides is 1. The van der Waals surface area contributed by atoms with Crippen LogP contribution >= 0.6 is 0 Å². The van der Waals surface area contributed by atoms with Gasteiger partial charge in [0, 0.05) is 37.6 Å². The summed E-state index contributed by atoms with van der Waals surface area (Å²) in [5.41, 5.74) is 1.45. The molecule has 10 heteroatoms. The molecule has 0 bridgehead atoms. The van der Waals surface area contributed by atoms with Crippen molar-refractivity contribution in [2.75, 3.05) is 19.6 Å². The van der Waals surface area contributed by atoms with Crippen molar-refractivity contribution in [2.45, 2.75) is 37.0 Å². The van der Waals surface area contributed by atoms with Crippen LogP contribution in [0, 0.1) is 0 Å². The van der Waals surface area contributed by atoms with E-state index in [1.54, 1.807) is 22.8 Å². The summed E-state index contributed by atoms with van der Waals surface area (Å²) in [7, 11) is -3.48. The Morgan fingerprint density at radius 1 is 1.07 bits per heavy atom. The largest absolute Gasteiger partial charge is 0.352 e. The second-order valence-corrected chi connectivity index (χ2v) is 9.25. The molecule has 2 aromatic heterocycles. The van der Waals surface area contributed by atoms with Gasteiger partial charge in [0.25, 0.3) is 11.7 Å². The van der Waals surface area contributed by atoms with Gasteiger partial charge in [-0.25, -0.2) is 17.9 Å². The lowest BCUT2D eigenvalue weighted by molar-refractivity contribution is 0.0953. The molecule has 9 nitrogen and oxygen atoms in total. The van der Waals surface area contributed by atoms with Crippen LogP contribution in [0.5, 0.6) is 0 Å². The highest BCUT2D eigenvalue weighted by molar-refractivity contribution is 7.89. The lowest BCUT2D eigenvalue weighted by Crippen LogP contribution is -2.35. The summed E-state index contributed by atoms with van der Waals surface area (Å²) < 4.78 is 28.5. The monoisotopic (exact) mass is 428 g/mol. The standard InChI is InChI=1S/C20H24N6O3S/c27-19(21-10-4-5-16-13-22-20-23-15-24-26(20)14-16)17-6-8-18(9-7-17)30(28,29)25-11-2-1-3-12-25/h6-9,13-15H,1-5,10-12H2,(H,21,27). The van der Waals surface area contributed by atoms with E-state index in [0.717, 1.165) is 37.7 Å². The zero-order valence-electron chi connectivity index (χ0n) is 16.6. The van der Waals surface area contributed by atoms with E-state index in [4.69, 9.17) is 0 Å². The first-order valence-electron chi connectivity index (χ1n) is 10.1. The van der Waals surface area contributed by atoms with Gasteiger partial charge in [0.1, 0.15) is 6.33 Å². The molecule has 1 saturated heterocycles. The maximum Gasteiger partial charge on any atom is 0.252 e. The van der Waals surface area contributed by atoms with Crippen LogP contribution in [0.4, 0.5) is 0 Å². The van der Waals surface area contributed by atoms with Gasteiger partial charge in [0.2, 0.25) is 10.0 Å². The predicted molar refractivity (Wildman–Crippen MR) is 110 cm³/mol. The van der Waals surface area contributed by atoms with E-state index >= 15 is 0 Å². The first-order valence-corrected chi connectivity index (χ1v) is 11.5. The molecule has 1 fully saturated rings. The van der Waals surface area contributed by atoms with Gasteiger partial charge < -0.3 is 5.32 Å². The average molecular weight is 429 g/mol. The van der Waals surface area contributed by atoms with Crippen molar-refractivity contribution in [1.82, 2.24) is 29.2 Å². The maximum absolute atomic E-state index is 12.7. The number of hydrogen-bond donors (Lipinski definition) is 1. The number of rotatable bonds is 7. The van der Waals surface area contributed by atoms with Gasteiger partial charge in [0.05, 0.1) is 4.90 Å². The van der Waals surface area contributed by atoms with Gasteiger partial charge in [-0.3, -0.25) is 4.79 Å². The van der Waals surface area contributed by atoms with Crippen LogP contribution in [-0.2, 0) is 16.4 Å². The first-order chi connectivity index (χ1) is 14.5. The van der Waals surface area contributed by atoms with Gasteiger partial charge in [-0.05, 0) is 55.5 Å². The molecule has 0 radical (unpaired) electrons. The maximum atomic E-state index is 12.7. The molecule has 1 amide bonds. The fraction of sp³-hybridized carbons (Fsp3) is 0.400. The normalized spacial score (nSPS) is 15.3. The van der Waals surface area contributed by atoms with E-state index in [9.17, 15) is 13.2 Å². The molecule has 0 spiro atoms. The second kappa shape index (κ2) is 8.88. The van der Waals surface area contributed by atoms with E-state index in [2.05, 4.69) is 20.4 Å². The molecule has 158 valence electrons. The van der Waals surface area contributed by atoms with E-state index in [1.807, 2.05) is 6.20 Å². The van der Waals surface area contributed by atoms with Crippen LogP contribution in [-0.4, -0.2) is 57.8 Å². The summed E-state index contributed by atoms with van der Waals surface area (Å²) in [6, 6.07) is 6.15. The number of hydrogen-bond acceptors (Lipinski definition) is 6. The second-order valence-electron chi connectivity index (χ2n) is 7.32. The number of piperidine rings is 1. The number of aryl methyl sites for hydroxylation is 1. The number of aromatic nitrogens is 4. The molecule has 0 saturated carbocycles. The number of fused-ring (bicyclic) bond motifs is 1. The van der Waals surface area contributed by atoms with Crippen LogP contribution in [0.3, 0.4) is 0 Å². The van der Waals surface area contributed by atoms with Gasteiger partial charge in [-0.2, -0.15) is 14.4 Å². The Bertz CT molecular complexity index is 1120. The Labute approximate surface area is 175 Å². The highest BCUT2D eigenvalue weighted by atomic mass is 32.2. The molecule has 30 heavy (non-hydrogen) atoms. The molecule has 3 heterocycles. The molecule has 0 aliphatic carbocycles. The fourth-order valence-electron chi connectivity index (χ4n) is 3.52. The zero-order chi connectivity index (χ0) is 21.0. The van der Waals surface area contributed by atoms with E-state index in [-0.39, 0.29) is 10.8 Å². The smallest absolute Gasteiger partial charge is 0.252 e. The third kappa shape index (κ3) is 4.49. The van der Waals surface area contributed by atoms with E-state index in [1.165, 1.54) is 22.8 Å². The van der Waals surface area contributed by atoms with Gasteiger partial charge >= 0.3 is 0 Å². The molecule has 1 N–H and O–H groups in total. The molecule has 1 aliphatic heterocycles.